The number of rotatable bonds is 5. The summed E-state index contributed by atoms with van der Waals surface area (Å²) in [5.74, 6) is 0. The van der Waals surface area contributed by atoms with E-state index < -0.39 is 8.24 Å². The second-order valence-corrected chi connectivity index (χ2v) is 17.2. The second kappa shape index (κ2) is 7.54. The van der Waals surface area contributed by atoms with Gasteiger partial charge in [-0.05, 0) is 68.0 Å². The Morgan fingerprint density at radius 3 is 1.83 bits per heavy atom. The maximum atomic E-state index is 6.46. The Bertz CT molecular complexity index is 866. The van der Waals surface area contributed by atoms with E-state index in [-0.39, 0.29) is 18.3 Å². The van der Waals surface area contributed by atoms with Gasteiger partial charge in [-0.15, -0.1) is 0 Å². The van der Waals surface area contributed by atoms with E-state index in [1.54, 1.807) is 0 Å². The van der Waals surface area contributed by atoms with Crippen LogP contribution in [0.1, 0.15) is 69.2 Å². The Balaban J connectivity index is 2.29. The fraction of sp³-hybridized carbons (Fsp3) is 0.652. The van der Waals surface area contributed by atoms with Crippen molar-refractivity contribution >= 4 is 47.6 Å². The van der Waals surface area contributed by atoms with E-state index >= 15 is 0 Å². The summed E-state index contributed by atoms with van der Waals surface area (Å²) in [5, 5.41) is 1.24. The summed E-state index contributed by atoms with van der Waals surface area (Å²) in [5.41, 5.74) is 3.61. The lowest BCUT2D eigenvalue weighted by atomic mass is 9.79. The molecule has 1 aromatic heterocycles. The molecular weight excluding hydrogens is 441 g/mol. The molecule has 0 amide bonds. The van der Waals surface area contributed by atoms with Gasteiger partial charge >= 0.3 is 7.12 Å². The van der Waals surface area contributed by atoms with Crippen LogP contribution in [0.2, 0.25) is 16.6 Å². The van der Waals surface area contributed by atoms with Crippen molar-refractivity contribution in [3.63, 3.8) is 0 Å². The number of halogens is 1. The molecule has 0 unspecified atom stereocenters. The van der Waals surface area contributed by atoms with Crippen molar-refractivity contribution in [2.45, 2.75) is 97.1 Å². The summed E-state index contributed by atoms with van der Waals surface area (Å²) in [4.78, 5) is 0. The van der Waals surface area contributed by atoms with Gasteiger partial charge in [-0.25, -0.2) is 0 Å². The molecule has 1 saturated heterocycles. The van der Waals surface area contributed by atoms with Crippen molar-refractivity contribution < 1.29 is 9.31 Å². The summed E-state index contributed by atoms with van der Waals surface area (Å²) in [7, 11) is -2.25. The van der Waals surface area contributed by atoms with Gasteiger partial charge < -0.3 is 13.5 Å². The van der Waals surface area contributed by atoms with Crippen LogP contribution in [-0.2, 0) is 9.31 Å². The number of hydrogen-bond acceptors (Lipinski definition) is 2. The first kappa shape index (κ1) is 23.1. The van der Waals surface area contributed by atoms with Crippen LogP contribution in [0, 0.1) is 0 Å². The van der Waals surface area contributed by atoms with Crippen LogP contribution >= 0.6 is 15.9 Å². The van der Waals surface area contributed by atoms with E-state index in [2.05, 4.69) is 114 Å². The minimum absolute atomic E-state index is 0.343. The van der Waals surface area contributed by atoms with Gasteiger partial charge in [0.05, 0.1) is 11.2 Å². The van der Waals surface area contributed by atoms with Crippen molar-refractivity contribution in [3.05, 3.63) is 28.9 Å². The average Bonchev–Trinajstić information content (AvgIpc) is 3.02. The lowest BCUT2D eigenvalue weighted by Crippen LogP contribution is -2.52. The van der Waals surface area contributed by atoms with Crippen LogP contribution in [0.25, 0.3) is 10.9 Å². The standard InChI is InChI=1S/C23H37BBrNO2Si/c1-15(2)29(16(3)4,17(5)6)26-14-20(19-12-11-18(25)13-21(19)26)24-27-22(7,8)23(9,10)28-24/h11-17H,1-10H3. The predicted octanol–water partition coefficient (Wildman–Crippen LogP) is 6.73. The molecule has 1 fully saturated rings. The van der Waals surface area contributed by atoms with E-state index in [9.17, 15) is 0 Å². The van der Waals surface area contributed by atoms with E-state index in [1.165, 1.54) is 10.9 Å². The molecule has 1 aliphatic rings. The Morgan fingerprint density at radius 2 is 1.38 bits per heavy atom. The summed E-state index contributed by atoms with van der Waals surface area (Å²) < 4.78 is 16.7. The smallest absolute Gasteiger partial charge is 0.399 e. The second-order valence-electron chi connectivity index (χ2n) is 10.6. The van der Waals surface area contributed by atoms with Crippen LogP contribution in [0.4, 0.5) is 0 Å². The van der Waals surface area contributed by atoms with E-state index in [4.69, 9.17) is 9.31 Å². The highest BCUT2D eigenvalue weighted by molar-refractivity contribution is 9.10. The highest BCUT2D eigenvalue weighted by Crippen LogP contribution is 2.45. The lowest BCUT2D eigenvalue weighted by molar-refractivity contribution is 0.00578. The van der Waals surface area contributed by atoms with Crippen LogP contribution in [0.15, 0.2) is 28.9 Å². The topological polar surface area (TPSA) is 23.4 Å². The molecule has 1 aromatic carbocycles. The normalized spacial score (nSPS) is 19.3. The minimum atomic E-state index is -1.91. The average molecular weight is 478 g/mol. The predicted molar refractivity (Wildman–Crippen MR) is 132 cm³/mol. The number of benzene rings is 1. The first-order valence-electron chi connectivity index (χ1n) is 10.9. The molecule has 0 atom stereocenters. The molecule has 0 saturated carbocycles. The van der Waals surface area contributed by atoms with Gasteiger partial charge in [-0.2, -0.15) is 0 Å². The Kier molecular flexibility index (Phi) is 6.01. The summed E-state index contributed by atoms with van der Waals surface area (Å²) in [6.07, 6.45) is 2.37. The Morgan fingerprint density at radius 1 is 0.897 bits per heavy atom. The molecule has 0 N–H and O–H groups in total. The monoisotopic (exact) mass is 477 g/mol. The van der Waals surface area contributed by atoms with E-state index in [0.717, 1.165) is 9.94 Å². The number of nitrogens with zero attached hydrogens (tertiary/aromatic N) is 1. The molecule has 1 aliphatic heterocycles. The zero-order valence-corrected chi connectivity index (χ0v) is 22.3. The van der Waals surface area contributed by atoms with Crippen molar-refractivity contribution in [1.82, 2.24) is 4.23 Å². The number of hydrogen-bond donors (Lipinski definition) is 0. The zero-order valence-electron chi connectivity index (χ0n) is 19.8. The molecule has 160 valence electrons. The quantitative estimate of drug-likeness (QED) is 0.445. The molecule has 2 aromatic rings. The van der Waals surface area contributed by atoms with Crippen molar-refractivity contribution in [3.8, 4) is 0 Å². The van der Waals surface area contributed by atoms with Gasteiger partial charge in [0.1, 0.15) is 0 Å². The lowest BCUT2D eigenvalue weighted by Gasteiger charge is -2.44. The summed E-state index contributed by atoms with van der Waals surface area (Å²) in [6, 6.07) is 6.63. The van der Waals surface area contributed by atoms with Crippen LogP contribution in [0.5, 0.6) is 0 Å². The number of aromatic nitrogens is 1. The Labute approximate surface area is 186 Å². The Hall–Kier alpha value is -0.558. The third-order valence-electron chi connectivity index (χ3n) is 7.50. The third-order valence-corrected chi connectivity index (χ3v) is 14.7. The highest BCUT2D eigenvalue weighted by Gasteiger charge is 2.53. The maximum absolute atomic E-state index is 6.46. The summed E-state index contributed by atoms with van der Waals surface area (Å²) in [6.45, 7) is 22.9. The highest BCUT2D eigenvalue weighted by atomic mass is 79.9. The minimum Gasteiger partial charge on any atom is -0.399 e. The molecule has 0 spiro atoms. The first-order valence-corrected chi connectivity index (χ1v) is 13.9. The van der Waals surface area contributed by atoms with Gasteiger partial charge in [0.2, 0.25) is 0 Å². The zero-order chi connectivity index (χ0) is 21.9. The third kappa shape index (κ3) is 3.48. The molecule has 0 bridgehead atoms. The van der Waals surface area contributed by atoms with Gasteiger partial charge in [-0.3, -0.25) is 0 Å². The molecular formula is C23H37BBrNO2Si. The first-order chi connectivity index (χ1) is 13.3. The van der Waals surface area contributed by atoms with Crippen LogP contribution in [0.3, 0.4) is 0 Å². The maximum Gasteiger partial charge on any atom is 0.497 e. The molecule has 3 nitrogen and oxygen atoms in total. The molecule has 6 heteroatoms. The van der Waals surface area contributed by atoms with Crippen molar-refractivity contribution in [1.29, 1.82) is 0 Å². The molecule has 2 heterocycles. The van der Waals surface area contributed by atoms with E-state index in [0.29, 0.717) is 16.6 Å². The van der Waals surface area contributed by atoms with E-state index in [1.807, 2.05) is 0 Å². The van der Waals surface area contributed by atoms with Crippen molar-refractivity contribution in [2.75, 3.05) is 0 Å². The van der Waals surface area contributed by atoms with Gasteiger partial charge in [0.15, 0.2) is 8.24 Å². The van der Waals surface area contributed by atoms with Crippen LogP contribution in [-0.4, -0.2) is 30.8 Å². The van der Waals surface area contributed by atoms with Crippen LogP contribution < -0.4 is 5.46 Å². The van der Waals surface area contributed by atoms with Gasteiger partial charge in [-0.1, -0.05) is 63.5 Å². The fourth-order valence-electron chi connectivity index (χ4n) is 5.54. The SMILES string of the molecule is CC(C)[Si](C(C)C)(C(C)C)n1cc(B2OC(C)(C)C(C)(C)O2)c2ccc(Br)cc21. The van der Waals surface area contributed by atoms with Crippen molar-refractivity contribution in [2.24, 2.45) is 0 Å². The fourth-order valence-corrected chi connectivity index (χ4v) is 12.5. The van der Waals surface area contributed by atoms with Gasteiger partial charge in [0.25, 0.3) is 0 Å². The molecule has 29 heavy (non-hydrogen) atoms. The summed E-state index contributed by atoms with van der Waals surface area (Å²) >= 11 is 3.71. The number of fused-ring (bicyclic) bond motifs is 1. The molecule has 0 aliphatic carbocycles. The van der Waals surface area contributed by atoms with Gasteiger partial charge in [0, 0.05) is 15.5 Å². The largest absolute Gasteiger partial charge is 0.497 e. The molecule has 0 radical (unpaired) electrons. The molecule has 3 rings (SSSR count).